The second-order valence-electron chi connectivity index (χ2n) is 8.07. The van der Waals surface area contributed by atoms with Gasteiger partial charge in [0.1, 0.15) is 11.6 Å². The summed E-state index contributed by atoms with van der Waals surface area (Å²) in [5.41, 5.74) is -0.513. The van der Waals surface area contributed by atoms with E-state index in [1.807, 2.05) is 31.7 Å². The molecular weight excluding hydrogens is 320 g/mol. The minimum absolute atomic E-state index is 0.322. The van der Waals surface area contributed by atoms with Crippen LogP contribution in [-0.2, 0) is 9.53 Å². The van der Waals surface area contributed by atoms with E-state index in [4.69, 9.17) is 4.74 Å². The number of hydrogen-bond donors (Lipinski definition) is 1. The summed E-state index contributed by atoms with van der Waals surface area (Å²) in [6.45, 7) is 7.62. The maximum atomic E-state index is 12.1. The lowest BCUT2D eigenvalue weighted by Gasteiger charge is -2.37. The van der Waals surface area contributed by atoms with Crippen molar-refractivity contribution in [3.05, 3.63) is 12.2 Å². The van der Waals surface area contributed by atoms with Crippen LogP contribution in [-0.4, -0.2) is 64.8 Å². The van der Waals surface area contributed by atoms with Crippen LogP contribution in [0.25, 0.3) is 0 Å². The molecule has 2 fully saturated rings. The lowest BCUT2D eigenvalue weighted by Crippen LogP contribution is -2.54. The summed E-state index contributed by atoms with van der Waals surface area (Å²) in [7, 11) is 0. The van der Waals surface area contributed by atoms with E-state index in [0.717, 1.165) is 12.8 Å². The molecule has 1 N–H and O–H groups in total. The fourth-order valence-corrected chi connectivity index (χ4v) is 3.46. The Labute approximate surface area is 150 Å². The molecule has 25 heavy (non-hydrogen) atoms. The molecule has 2 aliphatic rings. The molecule has 0 aromatic heterocycles. The molecule has 0 spiro atoms. The number of piperazine rings is 1. The number of amides is 1. The summed E-state index contributed by atoms with van der Waals surface area (Å²) in [5, 5.41) is 9.58. The highest BCUT2D eigenvalue weighted by Crippen LogP contribution is 2.25. The van der Waals surface area contributed by atoms with Crippen molar-refractivity contribution in [1.29, 1.82) is 0 Å². The largest absolute Gasteiger partial charge is 0.480 e. The van der Waals surface area contributed by atoms with Gasteiger partial charge in [-0.2, -0.15) is 0 Å². The molecule has 142 valence electrons. The smallest absolute Gasteiger partial charge is 0.410 e. The highest BCUT2D eigenvalue weighted by molar-refractivity contribution is 5.76. The van der Waals surface area contributed by atoms with Crippen LogP contribution in [0.5, 0.6) is 0 Å². The SMILES string of the molecule is CC(C)(C)OC(=O)N1CCN([C@@H](/C=C/C2CCCCC2)C(=O)O)CC1. The van der Waals surface area contributed by atoms with Crippen molar-refractivity contribution in [3.8, 4) is 0 Å². The number of ether oxygens (including phenoxy) is 1. The number of carboxylic acid groups (broad SMARTS) is 1. The average molecular weight is 352 g/mol. The Hall–Kier alpha value is -1.56. The Morgan fingerprint density at radius 2 is 1.68 bits per heavy atom. The molecule has 1 aliphatic carbocycles. The van der Waals surface area contributed by atoms with Gasteiger partial charge in [0.05, 0.1) is 0 Å². The maximum absolute atomic E-state index is 12.1. The van der Waals surface area contributed by atoms with E-state index in [1.165, 1.54) is 19.3 Å². The molecule has 1 saturated carbocycles. The van der Waals surface area contributed by atoms with Crippen LogP contribution < -0.4 is 0 Å². The Balaban J connectivity index is 1.88. The Morgan fingerprint density at radius 1 is 1.08 bits per heavy atom. The molecule has 6 heteroatoms. The van der Waals surface area contributed by atoms with Gasteiger partial charge in [-0.15, -0.1) is 0 Å². The number of rotatable bonds is 4. The molecule has 2 rings (SSSR count). The molecule has 0 aromatic carbocycles. The van der Waals surface area contributed by atoms with Gasteiger partial charge in [-0.05, 0) is 39.5 Å². The van der Waals surface area contributed by atoms with Gasteiger partial charge in [0.25, 0.3) is 0 Å². The molecule has 6 nitrogen and oxygen atoms in total. The summed E-state index contributed by atoms with van der Waals surface area (Å²) in [6.07, 6.45) is 9.71. The summed E-state index contributed by atoms with van der Waals surface area (Å²) in [4.78, 5) is 27.4. The third-order valence-corrected chi connectivity index (χ3v) is 4.83. The van der Waals surface area contributed by atoms with Crippen LogP contribution >= 0.6 is 0 Å². The van der Waals surface area contributed by atoms with Crippen LogP contribution in [0.1, 0.15) is 52.9 Å². The highest BCUT2D eigenvalue weighted by atomic mass is 16.6. The second kappa shape index (κ2) is 8.70. The lowest BCUT2D eigenvalue weighted by atomic mass is 9.88. The van der Waals surface area contributed by atoms with Crippen molar-refractivity contribution in [1.82, 2.24) is 9.80 Å². The van der Waals surface area contributed by atoms with Crippen molar-refractivity contribution >= 4 is 12.1 Å². The zero-order chi connectivity index (χ0) is 18.4. The van der Waals surface area contributed by atoms with E-state index in [0.29, 0.717) is 32.1 Å². The predicted molar refractivity (Wildman–Crippen MR) is 96.5 cm³/mol. The summed E-state index contributed by atoms with van der Waals surface area (Å²) in [5.74, 6) is -0.309. The normalized spacial score (nSPS) is 22.1. The molecule has 0 bridgehead atoms. The zero-order valence-electron chi connectivity index (χ0n) is 15.7. The second-order valence-corrected chi connectivity index (χ2v) is 8.07. The standard InChI is InChI=1S/C19H32N2O4/c1-19(2,3)25-18(24)21-13-11-20(12-14-21)16(17(22)23)10-9-15-7-5-4-6-8-15/h9-10,15-16H,4-8,11-14H2,1-3H3,(H,22,23)/b10-9+/t16-/m0/s1. The van der Waals surface area contributed by atoms with Gasteiger partial charge < -0.3 is 14.7 Å². The van der Waals surface area contributed by atoms with Crippen LogP contribution in [0.15, 0.2) is 12.2 Å². The van der Waals surface area contributed by atoms with E-state index < -0.39 is 17.6 Å². The molecule has 1 saturated heterocycles. The fourth-order valence-electron chi connectivity index (χ4n) is 3.46. The Morgan fingerprint density at radius 3 is 2.20 bits per heavy atom. The van der Waals surface area contributed by atoms with E-state index in [9.17, 15) is 14.7 Å². The van der Waals surface area contributed by atoms with Crippen molar-refractivity contribution in [2.45, 2.75) is 64.5 Å². The number of hydrogen-bond acceptors (Lipinski definition) is 4. The highest BCUT2D eigenvalue weighted by Gasteiger charge is 2.30. The molecule has 1 heterocycles. The number of carbonyl (C=O) groups is 2. The lowest BCUT2D eigenvalue weighted by molar-refractivity contribution is -0.141. The number of nitrogens with zero attached hydrogens (tertiary/aromatic N) is 2. The molecule has 0 aromatic rings. The fraction of sp³-hybridized carbons (Fsp3) is 0.789. The first kappa shape index (κ1) is 19.8. The number of aliphatic carboxylic acids is 1. The van der Waals surface area contributed by atoms with Crippen LogP contribution in [0.3, 0.4) is 0 Å². The minimum atomic E-state index is -0.822. The van der Waals surface area contributed by atoms with E-state index >= 15 is 0 Å². The van der Waals surface area contributed by atoms with Crippen LogP contribution in [0, 0.1) is 5.92 Å². The first-order chi connectivity index (χ1) is 11.8. The van der Waals surface area contributed by atoms with E-state index in [2.05, 4.69) is 6.08 Å². The van der Waals surface area contributed by atoms with Crippen molar-refractivity contribution in [2.75, 3.05) is 26.2 Å². The Bertz CT molecular complexity index is 484. The van der Waals surface area contributed by atoms with Crippen LogP contribution in [0.4, 0.5) is 4.79 Å². The van der Waals surface area contributed by atoms with E-state index in [1.54, 1.807) is 4.90 Å². The topological polar surface area (TPSA) is 70.1 Å². The monoisotopic (exact) mass is 352 g/mol. The van der Waals surface area contributed by atoms with Gasteiger partial charge in [-0.3, -0.25) is 9.69 Å². The number of allylic oxidation sites excluding steroid dienone is 1. The van der Waals surface area contributed by atoms with Gasteiger partial charge >= 0.3 is 12.1 Å². The third-order valence-electron chi connectivity index (χ3n) is 4.83. The minimum Gasteiger partial charge on any atom is -0.480 e. The quantitative estimate of drug-likeness (QED) is 0.787. The first-order valence-corrected chi connectivity index (χ1v) is 9.39. The average Bonchev–Trinajstić information content (AvgIpc) is 2.54. The van der Waals surface area contributed by atoms with Gasteiger partial charge in [0.2, 0.25) is 0 Å². The number of carbonyl (C=O) groups excluding carboxylic acids is 1. The molecule has 0 radical (unpaired) electrons. The summed E-state index contributed by atoms with van der Waals surface area (Å²) >= 11 is 0. The molecule has 1 aliphatic heterocycles. The van der Waals surface area contributed by atoms with E-state index in [-0.39, 0.29) is 6.09 Å². The molecule has 1 amide bonds. The summed E-state index contributed by atoms with van der Waals surface area (Å²) in [6, 6.07) is -0.609. The predicted octanol–water partition coefficient (Wildman–Crippen LogP) is 3.13. The van der Waals surface area contributed by atoms with Crippen molar-refractivity contribution in [2.24, 2.45) is 5.92 Å². The summed E-state index contributed by atoms with van der Waals surface area (Å²) < 4.78 is 5.39. The molecule has 1 atom stereocenters. The molecular formula is C19H32N2O4. The Kier molecular flexibility index (Phi) is 6.87. The van der Waals surface area contributed by atoms with Gasteiger partial charge in [-0.1, -0.05) is 31.4 Å². The van der Waals surface area contributed by atoms with Gasteiger partial charge in [-0.25, -0.2) is 4.79 Å². The van der Waals surface area contributed by atoms with Crippen LogP contribution in [0.2, 0.25) is 0 Å². The first-order valence-electron chi connectivity index (χ1n) is 9.39. The van der Waals surface area contributed by atoms with Crippen molar-refractivity contribution in [3.63, 3.8) is 0 Å². The van der Waals surface area contributed by atoms with Gasteiger partial charge in [0, 0.05) is 26.2 Å². The zero-order valence-corrected chi connectivity index (χ0v) is 15.7. The molecule has 0 unspecified atom stereocenters. The third kappa shape index (κ3) is 6.34. The van der Waals surface area contributed by atoms with Gasteiger partial charge in [0.15, 0.2) is 0 Å². The maximum Gasteiger partial charge on any atom is 0.410 e. The number of carboxylic acids is 1. The van der Waals surface area contributed by atoms with Crippen molar-refractivity contribution < 1.29 is 19.4 Å².